The first-order chi connectivity index (χ1) is 9.27. The van der Waals surface area contributed by atoms with Gasteiger partial charge in [0, 0.05) is 19.3 Å². The maximum absolute atomic E-state index is 11.8. The topological polar surface area (TPSA) is 54.0 Å². The summed E-state index contributed by atoms with van der Waals surface area (Å²) in [6.07, 6.45) is 7.31. The highest BCUT2D eigenvalue weighted by molar-refractivity contribution is 5.93. The van der Waals surface area contributed by atoms with Gasteiger partial charge in [-0.25, -0.2) is 4.98 Å². The fraction of sp³-hybridized carbons (Fsp3) is 0.600. The van der Waals surface area contributed by atoms with Gasteiger partial charge >= 0.3 is 0 Å². The van der Waals surface area contributed by atoms with E-state index in [9.17, 15) is 4.79 Å². The molecule has 1 heterocycles. The van der Waals surface area contributed by atoms with E-state index in [2.05, 4.69) is 29.5 Å². The van der Waals surface area contributed by atoms with Gasteiger partial charge in [0.1, 0.15) is 5.82 Å². The molecule has 0 aliphatic rings. The van der Waals surface area contributed by atoms with Gasteiger partial charge in [-0.05, 0) is 25.0 Å². The lowest BCUT2D eigenvalue weighted by atomic mass is 10.2. The molecule has 0 fully saturated rings. The second kappa shape index (κ2) is 9.36. The van der Waals surface area contributed by atoms with Crippen LogP contribution in [0, 0.1) is 0 Å². The lowest BCUT2D eigenvalue weighted by Gasteiger charge is -2.07. The van der Waals surface area contributed by atoms with Crippen molar-refractivity contribution in [3.05, 3.63) is 23.9 Å². The number of unbranched alkanes of at least 4 members (excludes halogenated alkanes) is 3. The van der Waals surface area contributed by atoms with Crippen LogP contribution in [0.25, 0.3) is 0 Å². The van der Waals surface area contributed by atoms with E-state index in [1.165, 1.54) is 12.8 Å². The Morgan fingerprint density at radius 2 is 1.89 bits per heavy atom. The zero-order chi connectivity index (χ0) is 13.9. The Morgan fingerprint density at radius 3 is 2.53 bits per heavy atom. The van der Waals surface area contributed by atoms with Crippen LogP contribution in [0.15, 0.2) is 18.3 Å². The summed E-state index contributed by atoms with van der Waals surface area (Å²) < 4.78 is 0. The second-order valence-electron chi connectivity index (χ2n) is 4.68. The van der Waals surface area contributed by atoms with Crippen LogP contribution in [0.2, 0.25) is 0 Å². The molecule has 1 aromatic rings. The van der Waals surface area contributed by atoms with Crippen molar-refractivity contribution >= 4 is 11.7 Å². The molecule has 1 aromatic heterocycles. The zero-order valence-corrected chi connectivity index (χ0v) is 12.0. The van der Waals surface area contributed by atoms with Gasteiger partial charge in [0.05, 0.1) is 5.56 Å². The third-order valence-corrected chi connectivity index (χ3v) is 2.93. The number of rotatable bonds is 9. The highest BCUT2D eigenvalue weighted by Crippen LogP contribution is 2.06. The molecule has 0 unspecified atom stereocenters. The zero-order valence-electron chi connectivity index (χ0n) is 12.0. The minimum atomic E-state index is -0.0431. The van der Waals surface area contributed by atoms with E-state index in [0.717, 1.165) is 38.2 Å². The minimum absolute atomic E-state index is 0.0431. The average Bonchev–Trinajstić information content (AvgIpc) is 2.44. The van der Waals surface area contributed by atoms with Crippen LogP contribution in [0.1, 0.15) is 56.3 Å². The smallest absolute Gasteiger partial charge is 0.252 e. The summed E-state index contributed by atoms with van der Waals surface area (Å²) in [4.78, 5) is 16.0. The third kappa shape index (κ3) is 6.22. The molecule has 0 aliphatic heterocycles. The molecule has 4 heteroatoms. The van der Waals surface area contributed by atoms with Crippen LogP contribution in [-0.2, 0) is 0 Å². The van der Waals surface area contributed by atoms with E-state index < -0.39 is 0 Å². The molecule has 0 atom stereocenters. The monoisotopic (exact) mass is 263 g/mol. The van der Waals surface area contributed by atoms with Gasteiger partial charge < -0.3 is 10.6 Å². The van der Waals surface area contributed by atoms with Crippen molar-refractivity contribution in [3.63, 3.8) is 0 Å². The van der Waals surface area contributed by atoms with Crippen molar-refractivity contribution in [2.24, 2.45) is 0 Å². The van der Waals surface area contributed by atoms with E-state index in [1.807, 2.05) is 12.1 Å². The van der Waals surface area contributed by atoms with Gasteiger partial charge in [0.2, 0.25) is 0 Å². The lowest BCUT2D eigenvalue weighted by molar-refractivity contribution is 0.0953. The molecule has 1 amide bonds. The summed E-state index contributed by atoms with van der Waals surface area (Å²) in [6, 6.07) is 3.68. The number of pyridine rings is 1. The largest absolute Gasteiger partial charge is 0.370 e. The minimum Gasteiger partial charge on any atom is -0.370 e. The molecule has 19 heavy (non-hydrogen) atoms. The molecule has 0 bridgehead atoms. The average molecular weight is 263 g/mol. The van der Waals surface area contributed by atoms with Gasteiger partial charge in [-0.1, -0.05) is 33.1 Å². The summed E-state index contributed by atoms with van der Waals surface area (Å²) in [5.74, 6) is 0.791. The summed E-state index contributed by atoms with van der Waals surface area (Å²) in [5, 5.41) is 6.13. The standard InChI is InChI=1S/C15H25N3O/c1-3-5-7-11-16-14-9-8-13(12-18-14)15(19)17-10-6-4-2/h8-9,12H,3-7,10-11H2,1-2H3,(H,16,18)(H,17,19). The maximum atomic E-state index is 11.8. The van der Waals surface area contributed by atoms with Crippen molar-refractivity contribution in [3.8, 4) is 0 Å². The molecule has 106 valence electrons. The van der Waals surface area contributed by atoms with Gasteiger partial charge in [0.15, 0.2) is 0 Å². The first-order valence-corrected chi connectivity index (χ1v) is 7.26. The van der Waals surface area contributed by atoms with E-state index in [0.29, 0.717) is 5.56 Å². The van der Waals surface area contributed by atoms with E-state index in [-0.39, 0.29) is 5.91 Å². The highest BCUT2D eigenvalue weighted by atomic mass is 16.1. The van der Waals surface area contributed by atoms with E-state index in [1.54, 1.807) is 6.20 Å². The number of amides is 1. The molecule has 0 aliphatic carbocycles. The molecule has 0 aromatic carbocycles. The number of anilines is 1. The number of hydrogen-bond donors (Lipinski definition) is 2. The van der Waals surface area contributed by atoms with Crippen LogP contribution in [-0.4, -0.2) is 24.0 Å². The SMILES string of the molecule is CCCCCNc1ccc(C(=O)NCCCC)cn1. The quantitative estimate of drug-likeness (QED) is 0.673. The van der Waals surface area contributed by atoms with Crippen LogP contribution in [0.4, 0.5) is 5.82 Å². The van der Waals surface area contributed by atoms with Crippen molar-refractivity contribution in [2.75, 3.05) is 18.4 Å². The molecule has 2 N–H and O–H groups in total. The number of carbonyl (C=O) groups is 1. The Bertz CT molecular complexity index is 362. The van der Waals surface area contributed by atoms with Crippen molar-refractivity contribution < 1.29 is 4.79 Å². The molecular formula is C15H25N3O. The lowest BCUT2D eigenvalue weighted by Crippen LogP contribution is -2.24. The maximum Gasteiger partial charge on any atom is 0.252 e. The number of carbonyl (C=O) groups excluding carboxylic acids is 1. The normalized spacial score (nSPS) is 10.2. The van der Waals surface area contributed by atoms with Crippen LogP contribution in [0.5, 0.6) is 0 Å². The Hall–Kier alpha value is -1.58. The number of aromatic nitrogens is 1. The Balaban J connectivity index is 2.36. The molecule has 0 saturated heterocycles. The van der Waals surface area contributed by atoms with Crippen LogP contribution < -0.4 is 10.6 Å². The summed E-state index contributed by atoms with van der Waals surface area (Å²) in [5.41, 5.74) is 0.621. The van der Waals surface area contributed by atoms with E-state index in [4.69, 9.17) is 0 Å². The fourth-order valence-electron chi connectivity index (χ4n) is 1.70. The van der Waals surface area contributed by atoms with Gasteiger partial charge in [-0.3, -0.25) is 4.79 Å². The molecular weight excluding hydrogens is 238 g/mol. The third-order valence-electron chi connectivity index (χ3n) is 2.93. The molecule has 0 radical (unpaired) electrons. The predicted octanol–water partition coefficient (Wildman–Crippen LogP) is 3.21. The Labute approximate surface area is 116 Å². The van der Waals surface area contributed by atoms with E-state index >= 15 is 0 Å². The number of hydrogen-bond acceptors (Lipinski definition) is 3. The molecule has 1 rings (SSSR count). The van der Waals surface area contributed by atoms with Gasteiger partial charge in [-0.15, -0.1) is 0 Å². The Kier molecular flexibility index (Phi) is 7.63. The molecule has 0 spiro atoms. The fourth-order valence-corrected chi connectivity index (χ4v) is 1.70. The first-order valence-electron chi connectivity index (χ1n) is 7.26. The van der Waals surface area contributed by atoms with Crippen LogP contribution in [0.3, 0.4) is 0 Å². The highest BCUT2D eigenvalue weighted by Gasteiger charge is 2.04. The number of nitrogens with one attached hydrogen (secondary N) is 2. The van der Waals surface area contributed by atoms with Gasteiger partial charge in [0.25, 0.3) is 5.91 Å². The molecule has 4 nitrogen and oxygen atoms in total. The molecule has 0 saturated carbocycles. The van der Waals surface area contributed by atoms with Crippen LogP contribution >= 0.6 is 0 Å². The van der Waals surface area contributed by atoms with Gasteiger partial charge in [-0.2, -0.15) is 0 Å². The first kappa shape index (κ1) is 15.5. The summed E-state index contributed by atoms with van der Waals surface area (Å²) >= 11 is 0. The van der Waals surface area contributed by atoms with Crippen molar-refractivity contribution in [1.29, 1.82) is 0 Å². The second-order valence-corrected chi connectivity index (χ2v) is 4.68. The van der Waals surface area contributed by atoms with Crippen molar-refractivity contribution in [2.45, 2.75) is 46.0 Å². The predicted molar refractivity (Wildman–Crippen MR) is 79.5 cm³/mol. The summed E-state index contributed by atoms with van der Waals surface area (Å²) in [7, 11) is 0. The van der Waals surface area contributed by atoms with Crippen molar-refractivity contribution in [1.82, 2.24) is 10.3 Å². The summed E-state index contributed by atoms with van der Waals surface area (Å²) in [6.45, 7) is 5.95. The Morgan fingerprint density at radius 1 is 1.11 bits per heavy atom. The number of nitrogens with zero attached hydrogens (tertiary/aromatic N) is 1.